The van der Waals surface area contributed by atoms with E-state index in [-0.39, 0.29) is 17.3 Å². The minimum atomic E-state index is -0.134. The number of allylic oxidation sites excluding steroid dienone is 1. The summed E-state index contributed by atoms with van der Waals surface area (Å²) in [5, 5.41) is 18.6. The van der Waals surface area contributed by atoms with Crippen LogP contribution in [0.4, 0.5) is 0 Å². The zero-order valence-electron chi connectivity index (χ0n) is 10.5. The molecule has 0 amide bonds. The number of benzene rings is 2. The van der Waals surface area contributed by atoms with Crippen LogP contribution in [0, 0.1) is 6.92 Å². The summed E-state index contributed by atoms with van der Waals surface area (Å²) < 4.78 is 0. The first-order chi connectivity index (χ1) is 9.06. The highest BCUT2D eigenvalue weighted by atomic mass is 16.3. The first-order valence-electron chi connectivity index (χ1n) is 5.87. The van der Waals surface area contributed by atoms with Gasteiger partial charge >= 0.3 is 0 Å². The van der Waals surface area contributed by atoms with E-state index >= 15 is 0 Å². The SMILES string of the molecule is Cc1cc(C=CC(=O)c2ccc(O)cc2)ccc1O. The fraction of sp³-hybridized carbons (Fsp3) is 0.0625. The standard InChI is InChI=1S/C16H14O3/c1-11-10-12(2-8-15(11)18)3-9-16(19)13-4-6-14(17)7-5-13/h2-10,17-18H,1H3. The zero-order chi connectivity index (χ0) is 13.8. The summed E-state index contributed by atoms with van der Waals surface area (Å²) in [6.07, 6.45) is 3.17. The van der Waals surface area contributed by atoms with E-state index in [2.05, 4.69) is 0 Å². The largest absolute Gasteiger partial charge is 0.508 e. The monoisotopic (exact) mass is 254 g/mol. The molecule has 19 heavy (non-hydrogen) atoms. The summed E-state index contributed by atoms with van der Waals surface area (Å²) >= 11 is 0. The van der Waals surface area contributed by atoms with Crippen molar-refractivity contribution in [3.05, 3.63) is 65.2 Å². The van der Waals surface area contributed by atoms with Crippen LogP contribution in [0.15, 0.2) is 48.5 Å². The molecule has 0 radical (unpaired) electrons. The summed E-state index contributed by atoms with van der Waals surface area (Å²) in [5.74, 6) is 0.238. The molecule has 2 aromatic rings. The normalized spacial score (nSPS) is 10.8. The molecule has 3 nitrogen and oxygen atoms in total. The van der Waals surface area contributed by atoms with Gasteiger partial charge in [-0.3, -0.25) is 4.79 Å². The van der Waals surface area contributed by atoms with Crippen molar-refractivity contribution in [2.45, 2.75) is 6.92 Å². The van der Waals surface area contributed by atoms with Gasteiger partial charge in [0.15, 0.2) is 5.78 Å². The highest BCUT2D eigenvalue weighted by Gasteiger charge is 2.01. The molecule has 96 valence electrons. The van der Waals surface area contributed by atoms with Gasteiger partial charge < -0.3 is 10.2 Å². The van der Waals surface area contributed by atoms with E-state index in [0.717, 1.165) is 11.1 Å². The number of phenolic OH excluding ortho intramolecular Hbond substituents is 2. The van der Waals surface area contributed by atoms with Crippen molar-refractivity contribution in [3.8, 4) is 11.5 Å². The molecular weight excluding hydrogens is 240 g/mol. The lowest BCUT2D eigenvalue weighted by Crippen LogP contribution is -1.92. The minimum absolute atomic E-state index is 0.134. The number of aromatic hydroxyl groups is 2. The molecule has 0 saturated carbocycles. The molecule has 0 unspecified atom stereocenters. The lowest BCUT2D eigenvalue weighted by atomic mass is 10.1. The van der Waals surface area contributed by atoms with Crippen LogP contribution in [0.25, 0.3) is 6.08 Å². The van der Waals surface area contributed by atoms with Gasteiger partial charge in [-0.2, -0.15) is 0 Å². The van der Waals surface area contributed by atoms with Gasteiger partial charge in [-0.15, -0.1) is 0 Å². The molecule has 0 aromatic heterocycles. The molecule has 0 fully saturated rings. The van der Waals surface area contributed by atoms with E-state index in [9.17, 15) is 9.90 Å². The van der Waals surface area contributed by atoms with Gasteiger partial charge in [0.2, 0.25) is 0 Å². The summed E-state index contributed by atoms with van der Waals surface area (Å²) in [4.78, 5) is 11.9. The first kappa shape index (κ1) is 12.9. The summed E-state index contributed by atoms with van der Waals surface area (Å²) in [5.41, 5.74) is 2.13. The average molecular weight is 254 g/mol. The van der Waals surface area contributed by atoms with Gasteiger partial charge in [0.25, 0.3) is 0 Å². The quantitative estimate of drug-likeness (QED) is 0.652. The van der Waals surface area contributed by atoms with Crippen molar-refractivity contribution in [2.75, 3.05) is 0 Å². The van der Waals surface area contributed by atoms with Crippen LogP contribution in [0.3, 0.4) is 0 Å². The molecule has 0 saturated heterocycles. The maximum Gasteiger partial charge on any atom is 0.185 e. The van der Waals surface area contributed by atoms with Gasteiger partial charge in [-0.05, 0) is 60.5 Å². The second-order valence-corrected chi connectivity index (χ2v) is 4.29. The predicted octanol–water partition coefficient (Wildman–Crippen LogP) is 3.30. The minimum Gasteiger partial charge on any atom is -0.508 e. The van der Waals surface area contributed by atoms with Crippen molar-refractivity contribution in [2.24, 2.45) is 0 Å². The molecular formula is C16H14O3. The fourth-order valence-corrected chi connectivity index (χ4v) is 1.68. The van der Waals surface area contributed by atoms with Crippen LogP contribution < -0.4 is 0 Å². The maximum absolute atomic E-state index is 11.9. The number of aryl methyl sites for hydroxylation is 1. The molecule has 0 aliphatic carbocycles. The number of rotatable bonds is 3. The lowest BCUT2D eigenvalue weighted by Gasteiger charge is -2.00. The molecule has 2 rings (SSSR count). The van der Waals surface area contributed by atoms with E-state index < -0.39 is 0 Å². The van der Waals surface area contributed by atoms with Gasteiger partial charge in [-0.1, -0.05) is 12.1 Å². The highest BCUT2D eigenvalue weighted by molar-refractivity contribution is 6.06. The zero-order valence-corrected chi connectivity index (χ0v) is 10.5. The van der Waals surface area contributed by atoms with Crippen LogP contribution in [-0.2, 0) is 0 Å². The number of carbonyl (C=O) groups excluding carboxylic acids is 1. The smallest absolute Gasteiger partial charge is 0.185 e. The Morgan fingerprint density at radius 2 is 1.74 bits per heavy atom. The maximum atomic E-state index is 11.9. The molecule has 2 N–H and O–H groups in total. The average Bonchev–Trinajstić information content (AvgIpc) is 2.40. The van der Waals surface area contributed by atoms with Crippen molar-refractivity contribution >= 4 is 11.9 Å². The molecule has 0 aliphatic rings. The lowest BCUT2D eigenvalue weighted by molar-refractivity contribution is 0.104. The Bertz CT molecular complexity index is 625. The van der Waals surface area contributed by atoms with Crippen molar-refractivity contribution < 1.29 is 15.0 Å². The summed E-state index contributed by atoms with van der Waals surface area (Å²) in [6, 6.07) is 11.2. The van der Waals surface area contributed by atoms with Crippen LogP contribution >= 0.6 is 0 Å². The number of phenols is 2. The first-order valence-corrected chi connectivity index (χ1v) is 5.87. The third-order valence-electron chi connectivity index (χ3n) is 2.80. The fourth-order valence-electron chi connectivity index (χ4n) is 1.68. The van der Waals surface area contributed by atoms with Crippen LogP contribution in [0.1, 0.15) is 21.5 Å². The number of ketones is 1. The third kappa shape index (κ3) is 3.22. The third-order valence-corrected chi connectivity index (χ3v) is 2.80. The Morgan fingerprint density at radius 1 is 1.05 bits per heavy atom. The highest BCUT2D eigenvalue weighted by Crippen LogP contribution is 2.18. The molecule has 0 spiro atoms. The molecule has 0 atom stereocenters. The Labute approximate surface area is 111 Å². The number of hydrogen-bond acceptors (Lipinski definition) is 3. The van der Waals surface area contributed by atoms with Gasteiger partial charge in [-0.25, -0.2) is 0 Å². The molecule has 0 heterocycles. The van der Waals surface area contributed by atoms with E-state index in [1.807, 2.05) is 0 Å². The molecule has 0 bridgehead atoms. The van der Waals surface area contributed by atoms with E-state index in [4.69, 9.17) is 5.11 Å². The van der Waals surface area contributed by atoms with E-state index in [1.165, 1.54) is 18.2 Å². The molecule has 2 aromatic carbocycles. The predicted molar refractivity (Wildman–Crippen MR) is 74.3 cm³/mol. The van der Waals surface area contributed by atoms with Crippen LogP contribution in [0.2, 0.25) is 0 Å². The Hall–Kier alpha value is -2.55. The second kappa shape index (κ2) is 5.40. The molecule has 0 aliphatic heterocycles. The van der Waals surface area contributed by atoms with Gasteiger partial charge in [0.1, 0.15) is 11.5 Å². The Morgan fingerprint density at radius 3 is 2.37 bits per heavy atom. The second-order valence-electron chi connectivity index (χ2n) is 4.29. The topological polar surface area (TPSA) is 57.5 Å². The van der Waals surface area contributed by atoms with Crippen molar-refractivity contribution in [1.29, 1.82) is 0 Å². The van der Waals surface area contributed by atoms with Crippen molar-refractivity contribution in [1.82, 2.24) is 0 Å². The van der Waals surface area contributed by atoms with Crippen molar-refractivity contribution in [3.63, 3.8) is 0 Å². The number of carbonyl (C=O) groups is 1. The number of hydrogen-bond donors (Lipinski definition) is 2. The summed E-state index contributed by atoms with van der Waals surface area (Å²) in [6.45, 7) is 1.80. The Kier molecular flexibility index (Phi) is 3.66. The van der Waals surface area contributed by atoms with E-state index in [0.29, 0.717) is 5.56 Å². The summed E-state index contributed by atoms with van der Waals surface area (Å²) in [7, 11) is 0. The van der Waals surface area contributed by atoms with Crippen LogP contribution in [-0.4, -0.2) is 16.0 Å². The Balaban J connectivity index is 2.15. The van der Waals surface area contributed by atoms with Gasteiger partial charge in [0, 0.05) is 5.56 Å². The molecule has 3 heteroatoms. The van der Waals surface area contributed by atoms with E-state index in [1.54, 1.807) is 43.3 Å². The van der Waals surface area contributed by atoms with Gasteiger partial charge in [0.05, 0.1) is 0 Å². The van der Waals surface area contributed by atoms with Crippen LogP contribution in [0.5, 0.6) is 11.5 Å².